The molecule has 0 saturated heterocycles. The largest absolute Gasteiger partial charge is 0.523 e. The van der Waals surface area contributed by atoms with Crippen LogP contribution in [0, 0.1) is 5.41 Å². The lowest BCUT2D eigenvalue weighted by Crippen LogP contribution is -2.43. The lowest BCUT2D eigenvalue weighted by Gasteiger charge is -2.38. The van der Waals surface area contributed by atoms with Gasteiger partial charge in [-0.1, -0.05) is 20.8 Å². The van der Waals surface area contributed by atoms with Gasteiger partial charge in [-0.3, -0.25) is 4.74 Å². The van der Waals surface area contributed by atoms with Gasteiger partial charge in [0.15, 0.2) is 0 Å². The minimum atomic E-state index is -4.56. The van der Waals surface area contributed by atoms with Gasteiger partial charge in [-0.25, -0.2) is 0 Å². The molecule has 1 nitrogen and oxygen atoms in total. The predicted molar refractivity (Wildman–Crippen MR) is 40.7 cm³/mol. The van der Waals surface area contributed by atoms with E-state index in [2.05, 4.69) is 4.74 Å². The molecule has 0 aromatic rings. The summed E-state index contributed by atoms with van der Waals surface area (Å²) in [5.41, 5.74) is -1.74. The van der Waals surface area contributed by atoms with E-state index in [9.17, 15) is 13.2 Å². The van der Waals surface area contributed by atoms with Crippen molar-refractivity contribution in [3.8, 4) is 0 Å². The van der Waals surface area contributed by atoms with Crippen molar-refractivity contribution in [2.45, 2.75) is 46.6 Å². The van der Waals surface area contributed by atoms with Crippen LogP contribution < -0.4 is 0 Å². The maximum Gasteiger partial charge on any atom is 0.523 e. The second kappa shape index (κ2) is 2.91. The van der Waals surface area contributed by atoms with E-state index in [1.54, 1.807) is 20.8 Å². The molecule has 0 N–H and O–H groups in total. The van der Waals surface area contributed by atoms with E-state index >= 15 is 0 Å². The second-order valence-electron chi connectivity index (χ2n) is 4.31. The van der Waals surface area contributed by atoms with Gasteiger partial charge in [0.25, 0.3) is 0 Å². The first-order chi connectivity index (χ1) is 4.96. The fourth-order valence-corrected chi connectivity index (χ4v) is 0.442. The maximum atomic E-state index is 11.9. The molecule has 0 aliphatic rings. The summed E-state index contributed by atoms with van der Waals surface area (Å²) in [6.45, 7) is 7.98. The SMILES string of the molecule is CC(C)(C)C(C)(C)OC(F)(F)F. The van der Waals surface area contributed by atoms with Crippen molar-refractivity contribution in [2.75, 3.05) is 0 Å². The van der Waals surface area contributed by atoms with Crippen LogP contribution in [0.5, 0.6) is 0 Å². The molecule has 74 valence electrons. The maximum absolute atomic E-state index is 11.9. The fraction of sp³-hybridized carbons (Fsp3) is 1.00. The van der Waals surface area contributed by atoms with Crippen LogP contribution in [0.3, 0.4) is 0 Å². The second-order valence-corrected chi connectivity index (χ2v) is 4.31. The minimum absolute atomic E-state index is 0.539. The summed E-state index contributed by atoms with van der Waals surface area (Å²) in [5, 5.41) is 0. The number of halogens is 3. The van der Waals surface area contributed by atoms with Gasteiger partial charge in [0.2, 0.25) is 0 Å². The molecule has 0 aliphatic carbocycles. The Morgan fingerprint density at radius 3 is 1.25 bits per heavy atom. The van der Waals surface area contributed by atoms with Crippen molar-refractivity contribution in [3.63, 3.8) is 0 Å². The van der Waals surface area contributed by atoms with Gasteiger partial charge >= 0.3 is 6.36 Å². The molecule has 0 aromatic heterocycles. The van der Waals surface area contributed by atoms with Crippen LogP contribution in [0.25, 0.3) is 0 Å². The topological polar surface area (TPSA) is 9.23 Å². The van der Waals surface area contributed by atoms with Gasteiger partial charge in [0, 0.05) is 0 Å². The molecule has 0 heterocycles. The highest BCUT2D eigenvalue weighted by Crippen LogP contribution is 2.37. The minimum Gasteiger partial charge on any atom is -0.285 e. The normalized spacial score (nSPS) is 15.0. The highest BCUT2D eigenvalue weighted by atomic mass is 19.4. The molecular weight excluding hydrogens is 169 g/mol. The van der Waals surface area contributed by atoms with Crippen LogP contribution in [-0.2, 0) is 4.74 Å². The van der Waals surface area contributed by atoms with Gasteiger partial charge in [-0.05, 0) is 19.3 Å². The van der Waals surface area contributed by atoms with E-state index in [1.165, 1.54) is 13.8 Å². The third-order valence-electron chi connectivity index (χ3n) is 2.18. The van der Waals surface area contributed by atoms with E-state index in [0.717, 1.165) is 0 Å². The van der Waals surface area contributed by atoms with Gasteiger partial charge < -0.3 is 0 Å². The molecule has 0 unspecified atom stereocenters. The molecular formula is C8H15F3O. The summed E-state index contributed by atoms with van der Waals surface area (Å²) in [7, 11) is 0. The summed E-state index contributed by atoms with van der Waals surface area (Å²) in [5.74, 6) is 0. The Labute approximate surface area is 70.9 Å². The Balaban J connectivity index is 4.44. The summed E-state index contributed by atoms with van der Waals surface area (Å²) in [6.07, 6.45) is -4.56. The van der Waals surface area contributed by atoms with E-state index in [0.29, 0.717) is 0 Å². The highest BCUT2D eigenvalue weighted by Gasteiger charge is 2.44. The number of alkyl halides is 3. The van der Waals surface area contributed by atoms with Crippen LogP contribution in [-0.4, -0.2) is 12.0 Å². The molecule has 0 fully saturated rings. The van der Waals surface area contributed by atoms with Crippen molar-refractivity contribution in [3.05, 3.63) is 0 Å². The lowest BCUT2D eigenvalue weighted by molar-refractivity contribution is -0.375. The summed E-state index contributed by atoms with van der Waals surface area (Å²) >= 11 is 0. The third kappa shape index (κ3) is 3.43. The molecule has 0 rings (SSSR count). The van der Waals surface area contributed by atoms with Crippen LogP contribution in [0.2, 0.25) is 0 Å². The Morgan fingerprint density at radius 1 is 0.833 bits per heavy atom. The summed E-state index contributed by atoms with van der Waals surface area (Å²) in [6, 6.07) is 0. The smallest absolute Gasteiger partial charge is 0.285 e. The van der Waals surface area contributed by atoms with Crippen LogP contribution >= 0.6 is 0 Å². The van der Waals surface area contributed by atoms with Crippen molar-refractivity contribution < 1.29 is 17.9 Å². The Hall–Kier alpha value is -0.250. The number of ether oxygens (including phenoxy) is 1. The van der Waals surface area contributed by atoms with Crippen molar-refractivity contribution in [1.29, 1.82) is 0 Å². The molecule has 12 heavy (non-hydrogen) atoms. The van der Waals surface area contributed by atoms with Crippen LogP contribution in [0.4, 0.5) is 13.2 Å². The lowest BCUT2D eigenvalue weighted by atomic mass is 9.79. The zero-order chi connectivity index (χ0) is 10.2. The summed E-state index contributed by atoms with van der Waals surface area (Å²) in [4.78, 5) is 0. The van der Waals surface area contributed by atoms with E-state index < -0.39 is 17.4 Å². The van der Waals surface area contributed by atoms with Crippen LogP contribution in [0.15, 0.2) is 0 Å². The average Bonchev–Trinajstić information content (AvgIpc) is 1.52. The van der Waals surface area contributed by atoms with Gasteiger partial charge in [0.05, 0.1) is 5.60 Å². The van der Waals surface area contributed by atoms with E-state index in [-0.39, 0.29) is 0 Å². The Morgan fingerprint density at radius 2 is 1.17 bits per heavy atom. The summed E-state index contributed by atoms with van der Waals surface area (Å²) < 4.78 is 39.6. The standard InChI is InChI=1S/C8H15F3O/c1-6(2,3)7(4,5)12-8(9,10)11/h1-5H3. The van der Waals surface area contributed by atoms with Crippen LogP contribution in [0.1, 0.15) is 34.6 Å². The first-order valence-electron chi connectivity index (χ1n) is 3.73. The first kappa shape index (κ1) is 11.8. The number of hydrogen-bond acceptors (Lipinski definition) is 1. The third-order valence-corrected chi connectivity index (χ3v) is 2.18. The fourth-order valence-electron chi connectivity index (χ4n) is 0.442. The van der Waals surface area contributed by atoms with E-state index in [4.69, 9.17) is 0 Å². The molecule has 0 atom stereocenters. The van der Waals surface area contributed by atoms with Crippen molar-refractivity contribution in [2.24, 2.45) is 5.41 Å². The molecule has 0 aliphatic heterocycles. The highest BCUT2D eigenvalue weighted by molar-refractivity contribution is 4.83. The zero-order valence-electron chi connectivity index (χ0n) is 8.04. The zero-order valence-corrected chi connectivity index (χ0v) is 8.04. The van der Waals surface area contributed by atoms with Crippen molar-refractivity contribution in [1.82, 2.24) is 0 Å². The molecule has 0 amide bonds. The molecule has 0 bridgehead atoms. The molecule has 0 saturated carbocycles. The molecule has 4 heteroatoms. The Kier molecular flexibility index (Phi) is 2.85. The van der Waals surface area contributed by atoms with Gasteiger partial charge in [-0.15, -0.1) is 13.2 Å². The van der Waals surface area contributed by atoms with Gasteiger partial charge in [0.1, 0.15) is 0 Å². The predicted octanol–water partition coefficient (Wildman–Crippen LogP) is 3.35. The molecule has 0 radical (unpaired) electrons. The van der Waals surface area contributed by atoms with Crippen molar-refractivity contribution >= 4 is 0 Å². The first-order valence-corrected chi connectivity index (χ1v) is 3.73. The Bertz CT molecular complexity index is 153. The average molecular weight is 184 g/mol. The van der Waals surface area contributed by atoms with E-state index in [1.807, 2.05) is 0 Å². The quantitative estimate of drug-likeness (QED) is 0.607. The number of hydrogen-bond donors (Lipinski definition) is 0. The molecule has 0 aromatic carbocycles. The monoisotopic (exact) mass is 184 g/mol. The van der Waals surface area contributed by atoms with Gasteiger partial charge in [-0.2, -0.15) is 0 Å². The number of rotatable bonds is 1. The molecule has 0 spiro atoms.